The van der Waals surface area contributed by atoms with Gasteiger partial charge in [-0.05, 0) is 43.7 Å². The Morgan fingerprint density at radius 3 is 2.77 bits per heavy atom. The normalized spacial score (nSPS) is 12.0. The van der Waals surface area contributed by atoms with Crippen molar-refractivity contribution in [3.8, 4) is 11.5 Å². The molecule has 0 aliphatic heterocycles. The molecule has 0 aliphatic rings. The van der Waals surface area contributed by atoms with Crippen LogP contribution in [-0.2, 0) is 4.79 Å². The molecule has 0 aliphatic carbocycles. The van der Waals surface area contributed by atoms with Crippen molar-refractivity contribution in [3.63, 3.8) is 0 Å². The SMILES string of the molecule is Cc1ccccc1-c1nnc(S[C@H](C)C(=O)Nc2ccc(Cl)cc2F)o1. The number of carbonyl (C=O) groups is 1. The summed E-state index contributed by atoms with van der Waals surface area (Å²) in [6, 6.07) is 11.7. The van der Waals surface area contributed by atoms with Gasteiger partial charge in [-0.25, -0.2) is 4.39 Å². The van der Waals surface area contributed by atoms with Gasteiger partial charge in [-0.1, -0.05) is 41.6 Å². The predicted octanol–water partition coefficient (Wildman–Crippen LogP) is 4.96. The molecule has 0 fully saturated rings. The number of carbonyl (C=O) groups excluding carboxylic acids is 1. The molecule has 3 aromatic rings. The molecule has 1 amide bonds. The summed E-state index contributed by atoms with van der Waals surface area (Å²) >= 11 is 6.80. The Bertz CT molecular complexity index is 948. The quantitative estimate of drug-likeness (QED) is 0.623. The largest absolute Gasteiger partial charge is 0.411 e. The second kappa shape index (κ2) is 7.88. The van der Waals surface area contributed by atoms with Crippen LogP contribution in [0.5, 0.6) is 0 Å². The topological polar surface area (TPSA) is 68.0 Å². The van der Waals surface area contributed by atoms with Gasteiger partial charge in [-0.2, -0.15) is 0 Å². The summed E-state index contributed by atoms with van der Waals surface area (Å²) in [5, 5.41) is 10.5. The van der Waals surface area contributed by atoms with Gasteiger partial charge in [-0.15, -0.1) is 10.2 Å². The maximum atomic E-state index is 13.8. The molecule has 134 valence electrons. The van der Waals surface area contributed by atoms with E-state index in [1.165, 1.54) is 12.1 Å². The highest BCUT2D eigenvalue weighted by Crippen LogP contribution is 2.28. The van der Waals surface area contributed by atoms with E-state index in [0.717, 1.165) is 29.0 Å². The number of hydrogen-bond donors (Lipinski definition) is 1. The van der Waals surface area contributed by atoms with E-state index in [0.29, 0.717) is 5.89 Å². The summed E-state index contributed by atoms with van der Waals surface area (Å²) in [4.78, 5) is 12.3. The van der Waals surface area contributed by atoms with Crippen molar-refractivity contribution < 1.29 is 13.6 Å². The minimum atomic E-state index is -0.595. The molecule has 5 nitrogen and oxygen atoms in total. The summed E-state index contributed by atoms with van der Waals surface area (Å²) in [6.07, 6.45) is 0. The fourth-order valence-electron chi connectivity index (χ4n) is 2.21. The molecule has 2 aromatic carbocycles. The minimum Gasteiger partial charge on any atom is -0.411 e. The number of nitrogens with zero attached hydrogens (tertiary/aromatic N) is 2. The van der Waals surface area contributed by atoms with Crippen LogP contribution in [0.1, 0.15) is 12.5 Å². The lowest BCUT2D eigenvalue weighted by molar-refractivity contribution is -0.115. The van der Waals surface area contributed by atoms with Gasteiger partial charge in [0, 0.05) is 10.6 Å². The van der Waals surface area contributed by atoms with Crippen molar-refractivity contribution >= 4 is 35.0 Å². The lowest BCUT2D eigenvalue weighted by atomic mass is 10.1. The van der Waals surface area contributed by atoms with Crippen molar-refractivity contribution in [2.24, 2.45) is 0 Å². The zero-order valence-electron chi connectivity index (χ0n) is 14.0. The van der Waals surface area contributed by atoms with E-state index in [4.69, 9.17) is 16.0 Å². The highest BCUT2D eigenvalue weighted by Gasteiger charge is 2.20. The van der Waals surface area contributed by atoms with Gasteiger partial charge in [-0.3, -0.25) is 4.79 Å². The van der Waals surface area contributed by atoms with Crippen molar-refractivity contribution in [1.29, 1.82) is 0 Å². The molecular formula is C18H15ClFN3O2S. The van der Waals surface area contributed by atoms with Crippen molar-refractivity contribution in [2.45, 2.75) is 24.3 Å². The second-order valence-electron chi connectivity index (χ2n) is 5.56. The van der Waals surface area contributed by atoms with E-state index >= 15 is 0 Å². The van der Waals surface area contributed by atoms with Crippen LogP contribution in [0.2, 0.25) is 5.02 Å². The van der Waals surface area contributed by atoms with Crippen molar-refractivity contribution in [2.75, 3.05) is 5.32 Å². The van der Waals surface area contributed by atoms with Gasteiger partial charge in [0.2, 0.25) is 11.8 Å². The molecule has 1 atom stereocenters. The molecule has 1 aromatic heterocycles. The van der Waals surface area contributed by atoms with Crippen LogP contribution in [-0.4, -0.2) is 21.4 Å². The smallest absolute Gasteiger partial charge is 0.277 e. The van der Waals surface area contributed by atoms with E-state index in [2.05, 4.69) is 15.5 Å². The molecule has 3 rings (SSSR count). The summed E-state index contributed by atoms with van der Waals surface area (Å²) in [5.74, 6) is -0.587. The number of aromatic nitrogens is 2. The third kappa shape index (κ3) is 4.23. The first-order chi connectivity index (χ1) is 12.4. The summed E-state index contributed by atoms with van der Waals surface area (Å²) in [6.45, 7) is 3.62. The highest BCUT2D eigenvalue weighted by molar-refractivity contribution is 8.00. The maximum absolute atomic E-state index is 13.8. The molecule has 8 heteroatoms. The van der Waals surface area contributed by atoms with Crippen molar-refractivity contribution in [1.82, 2.24) is 10.2 Å². The molecule has 1 N–H and O–H groups in total. The number of halogens is 2. The number of amides is 1. The molecule has 26 heavy (non-hydrogen) atoms. The Kier molecular flexibility index (Phi) is 5.58. The Balaban J connectivity index is 1.67. The molecule has 0 bridgehead atoms. The van der Waals surface area contributed by atoms with E-state index in [9.17, 15) is 9.18 Å². The van der Waals surface area contributed by atoms with E-state index < -0.39 is 11.1 Å². The van der Waals surface area contributed by atoms with Gasteiger partial charge in [0.1, 0.15) is 5.82 Å². The first-order valence-electron chi connectivity index (χ1n) is 7.76. The second-order valence-corrected chi connectivity index (χ2v) is 7.29. The Morgan fingerprint density at radius 1 is 1.27 bits per heavy atom. The van der Waals surface area contributed by atoms with E-state index in [1.807, 2.05) is 31.2 Å². The summed E-state index contributed by atoms with van der Waals surface area (Å²) in [7, 11) is 0. The number of hydrogen-bond acceptors (Lipinski definition) is 5. The highest BCUT2D eigenvalue weighted by atomic mass is 35.5. The number of rotatable bonds is 5. The van der Waals surface area contributed by atoms with E-state index in [-0.39, 0.29) is 21.8 Å². The summed E-state index contributed by atoms with van der Waals surface area (Å²) in [5.41, 5.74) is 1.92. The number of anilines is 1. The minimum absolute atomic E-state index is 0.0676. The first-order valence-corrected chi connectivity index (χ1v) is 9.02. The lowest BCUT2D eigenvalue weighted by Crippen LogP contribution is -2.23. The fraction of sp³-hybridized carbons (Fsp3) is 0.167. The van der Waals surface area contributed by atoms with Crippen LogP contribution in [0.4, 0.5) is 10.1 Å². The number of nitrogens with one attached hydrogen (secondary N) is 1. The number of thioether (sulfide) groups is 1. The zero-order chi connectivity index (χ0) is 18.7. The lowest BCUT2D eigenvalue weighted by Gasteiger charge is -2.10. The number of aryl methyl sites for hydroxylation is 1. The molecule has 0 unspecified atom stereocenters. The molecule has 1 heterocycles. The fourth-order valence-corrected chi connectivity index (χ4v) is 3.05. The first kappa shape index (κ1) is 18.4. The molecule has 0 saturated heterocycles. The number of benzene rings is 2. The van der Waals surface area contributed by atoms with Gasteiger partial charge >= 0.3 is 0 Å². The third-order valence-corrected chi connectivity index (χ3v) is 4.79. The zero-order valence-corrected chi connectivity index (χ0v) is 15.6. The monoisotopic (exact) mass is 391 g/mol. The van der Waals surface area contributed by atoms with Crippen LogP contribution in [0.3, 0.4) is 0 Å². The van der Waals surface area contributed by atoms with Crippen LogP contribution in [0, 0.1) is 12.7 Å². The molecule has 0 spiro atoms. The average Bonchev–Trinajstić information content (AvgIpc) is 3.06. The average molecular weight is 392 g/mol. The Labute approximate surface area is 159 Å². The van der Waals surface area contributed by atoms with Crippen LogP contribution >= 0.6 is 23.4 Å². The Hall–Kier alpha value is -2.38. The van der Waals surface area contributed by atoms with Gasteiger partial charge in [0.25, 0.3) is 5.22 Å². The Morgan fingerprint density at radius 2 is 2.04 bits per heavy atom. The molecule has 0 radical (unpaired) electrons. The van der Waals surface area contributed by atoms with Crippen LogP contribution in [0.15, 0.2) is 52.1 Å². The standard InChI is InChI=1S/C18H15ClFN3O2S/c1-10-5-3-4-6-13(10)17-22-23-18(25-17)26-11(2)16(24)21-15-8-7-12(19)9-14(15)20/h3-9,11H,1-2H3,(H,21,24)/t11-/m1/s1. The maximum Gasteiger partial charge on any atom is 0.277 e. The van der Waals surface area contributed by atoms with E-state index in [1.54, 1.807) is 6.92 Å². The third-order valence-electron chi connectivity index (χ3n) is 3.62. The van der Waals surface area contributed by atoms with Gasteiger partial charge in [0.15, 0.2) is 0 Å². The van der Waals surface area contributed by atoms with Crippen LogP contribution in [0.25, 0.3) is 11.5 Å². The predicted molar refractivity (Wildman–Crippen MR) is 99.8 cm³/mol. The molecule has 0 saturated carbocycles. The van der Waals surface area contributed by atoms with Crippen molar-refractivity contribution in [3.05, 3.63) is 58.9 Å². The summed E-state index contributed by atoms with van der Waals surface area (Å²) < 4.78 is 19.4. The molecular weight excluding hydrogens is 377 g/mol. The van der Waals surface area contributed by atoms with Gasteiger partial charge < -0.3 is 9.73 Å². The van der Waals surface area contributed by atoms with Gasteiger partial charge in [0.05, 0.1) is 10.9 Å². The van der Waals surface area contributed by atoms with Crippen LogP contribution < -0.4 is 5.32 Å².